The molecule has 0 aliphatic carbocycles. The second-order valence-electron chi connectivity index (χ2n) is 5.50. The van der Waals surface area contributed by atoms with E-state index in [9.17, 15) is 13.2 Å². The molecule has 6 nitrogen and oxygen atoms in total. The van der Waals surface area contributed by atoms with E-state index in [-0.39, 0.29) is 0 Å². The molecule has 1 N–H and O–H groups in total. The molecule has 0 unspecified atom stereocenters. The van der Waals surface area contributed by atoms with Crippen molar-refractivity contribution in [3.8, 4) is 0 Å². The summed E-state index contributed by atoms with van der Waals surface area (Å²) in [7, 11) is -3.69. The Kier molecular flexibility index (Phi) is 6.63. The standard InChI is InChI=1S/C17H17Cl2N3O3S/c1-12-15(19)4-3-5-16(12)22(26(2,24)25)11-17(23)21-20-10-13-6-8-14(18)9-7-13/h3-10H,11H2,1-2H3,(H,21,23)/b20-10-. The second kappa shape index (κ2) is 8.53. The summed E-state index contributed by atoms with van der Waals surface area (Å²) in [5.74, 6) is -0.583. The van der Waals surface area contributed by atoms with Gasteiger partial charge < -0.3 is 0 Å². The van der Waals surface area contributed by atoms with E-state index in [1.807, 2.05) is 0 Å². The Labute approximate surface area is 162 Å². The van der Waals surface area contributed by atoms with Crippen molar-refractivity contribution in [2.75, 3.05) is 17.1 Å². The van der Waals surface area contributed by atoms with Crippen LogP contribution < -0.4 is 9.73 Å². The van der Waals surface area contributed by atoms with E-state index in [4.69, 9.17) is 23.2 Å². The molecule has 0 bridgehead atoms. The summed E-state index contributed by atoms with van der Waals surface area (Å²) < 4.78 is 25.2. The number of carbonyl (C=O) groups is 1. The third kappa shape index (κ3) is 5.45. The van der Waals surface area contributed by atoms with Crippen LogP contribution >= 0.6 is 23.2 Å². The predicted molar refractivity (Wildman–Crippen MR) is 106 cm³/mol. The van der Waals surface area contributed by atoms with Crippen LogP contribution in [0.4, 0.5) is 5.69 Å². The SMILES string of the molecule is Cc1c(Cl)cccc1N(CC(=O)N/N=C\c1ccc(Cl)cc1)S(C)(=O)=O. The van der Waals surface area contributed by atoms with Gasteiger partial charge in [0.25, 0.3) is 5.91 Å². The fourth-order valence-electron chi connectivity index (χ4n) is 2.14. The van der Waals surface area contributed by atoms with Crippen molar-refractivity contribution in [1.82, 2.24) is 5.43 Å². The fraction of sp³-hybridized carbons (Fsp3) is 0.176. The number of nitrogens with zero attached hydrogens (tertiary/aromatic N) is 2. The monoisotopic (exact) mass is 413 g/mol. The first-order valence-corrected chi connectivity index (χ1v) is 10.1. The van der Waals surface area contributed by atoms with E-state index in [1.54, 1.807) is 49.4 Å². The van der Waals surface area contributed by atoms with E-state index in [1.165, 1.54) is 6.21 Å². The highest BCUT2D eigenvalue weighted by molar-refractivity contribution is 7.92. The van der Waals surface area contributed by atoms with Crippen molar-refractivity contribution < 1.29 is 13.2 Å². The number of rotatable bonds is 6. The molecule has 0 aliphatic rings. The Morgan fingerprint density at radius 2 is 1.85 bits per heavy atom. The minimum Gasteiger partial charge on any atom is -0.271 e. The van der Waals surface area contributed by atoms with Crippen LogP contribution in [0.5, 0.6) is 0 Å². The van der Waals surface area contributed by atoms with Gasteiger partial charge in [0.1, 0.15) is 6.54 Å². The lowest BCUT2D eigenvalue weighted by atomic mass is 10.2. The van der Waals surface area contributed by atoms with Gasteiger partial charge in [0, 0.05) is 10.0 Å². The molecule has 2 aromatic rings. The number of anilines is 1. The van der Waals surface area contributed by atoms with Crippen LogP contribution in [0.25, 0.3) is 0 Å². The Hall–Kier alpha value is -2.09. The van der Waals surface area contributed by atoms with Gasteiger partial charge in [-0.05, 0) is 42.3 Å². The average molecular weight is 414 g/mol. The third-order valence-corrected chi connectivity index (χ3v) is 5.26. The molecule has 26 heavy (non-hydrogen) atoms. The number of hydrogen-bond donors (Lipinski definition) is 1. The number of sulfonamides is 1. The molecular formula is C17H17Cl2N3O3S. The summed E-state index contributed by atoms with van der Waals surface area (Å²) in [4.78, 5) is 12.1. The maximum Gasteiger partial charge on any atom is 0.260 e. The molecular weight excluding hydrogens is 397 g/mol. The number of amides is 1. The van der Waals surface area contributed by atoms with Gasteiger partial charge in [0.15, 0.2) is 0 Å². The molecule has 2 aromatic carbocycles. The van der Waals surface area contributed by atoms with Crippen LogP contribution in [0, 0.1) is 6.92 Å². The Bertz CT molecular complexity index is 929. The summed E-state index contributed by atoms with van der Waals surface area (Å²) in [6.45, 7) is 1.27. The first-order valence-electron chi connectivity index (χ1n) is 7.49. The minimum atomic E-state index is -3.69. The number of nitrogens with one attached hydrogen (secondary N) is 1. The van der Waals surface area contributed by atoms with Crippen LogP contribution in [-0.2, 0) is 14.8 Å². The summed E-state index contributed by atoms with van der Waals surface area (Å²) >= 11 is 11.8. The number of hydrazone groups is 1. The smallest absolute Gasteiger partial charge is 0.260 e. The van der Waals surface area contributed by atoms with Crippen LogP contribution in [0.1, 0.15) is 11.1 Å². The Balaban J connectivity index is 2.12. The molecule has 2 rings (SSSR count). The first-order chi connectivity index (χ1) is 12.2. The van der Waals surface area contributed by atoms with Crippen LogP contribution in [0.2, 0.25) is 10.0 Å². The highest BCUT2D eigenvalue weighted by atomic mass is 35.5. The Morgan fingerprint density at radius 1 is 1.19 bits per heavy atom. The summed E-state index contributed by atoms with van der Waals surface area (Å²) in [6.07, 6.45) is 2.46. The largest absolute Gasteiger partial charge is 0.271 e. The summed E-state index contributed by atoms with van der Waals surface area (Å²) in [6, 6.07) is 11.7. The molecule has 9 heteroatoms. The first kappa shape index (κ1) is 20.2. The van der Waals surface area contributed by atoms with Crippen molar-refractivity contribution in [1.29, 1.82) is 0 Å². The molecule has 0 spiro atoms. The average Bonchev–Trinajstić information content (AvgIpc) is 2.56. The lowest BCUT2D eigenvalue weighted by Gasteiger charge is -2.23. The van der Waals surface area contributed by atoms with Gasteiger partial charge in [-0.3, -0.25) is 9.10 Å². The van der Waals surface area contributed by atoms with E-state index < -0.39 is 22.5 Å². The summed E-state index contributed by atoms with van der Waals surface area (Å²) in [5.41, 5.74) is 3.96. The van der Waals surface area contributed by atoms with Crippen molar-refractivity contribution in [2.45, 2.75) is 6.92 Å². The van der Waals surface area contributed by atoms with E-state index >= 15 is 0 Å². The highest BCUT2D eigenvalue weighted by Crippen LogP contribution is 2.27. The topological polar surface area (TPSA) is 78.8 Å². The van der Waals surface area contributed by atoms with Gasteiger partial charge in [-0.1, -0.05) is 41.4 Å². The molecule has 0 saturated carbocycles. The van der Waals surface area contributed by atoms with Crippen LogP contribution in [0.3, 0.4) is 0 Å². The number of carbonyl (C=O) groups excluding carboxylic acids is 1. The second-order valence-corrected chi connectivity index (χ2v) is 8.25. The van der Waals surface area contributed by atoms with Crippen molar-refractivity contribution in [2.24, 2.45) is 5.10 Å². The fourth-order valence-corrected chi connectivity index (χ4v) is 3.34. The van der Waals surface area contributed by atoms with Crippen LogP contribution in [-0.4, -0.2) is 33.3 Å². The molecule has 0 fully saturated rings. The summed E-state index contributed by atoms with van der Waals surface area (Å²) in [5, 5.41) is 4.83. The zero-order chi connectivity index (χ0) is 19.3. The normalized spacial score (nSPS) is 11.5. The van der Waals surface area contributed by atoms with Gasteiger partial charge in [0.2, 0.25) is 10.0 Å². The van der Waals surface area contributed by atoms with Gasteiger partial charge in [-0.2, -0.15) is 5.10 Å². The highest BCUT2D eigenvalue weighted by Gasteiger charge is 2.22. The molecule has 1 amide bonds. The molecule has 0 aliphatic heterocycles. The minimum absolute atomic E-state index is 0.344. The zero-order valence-electron chi connectivity index (χ0n) is 14.1. The third-order valence-electron chi connectivity index (χ3n) is 3.47. The molecule has 0 aromatic heterocycles. The zero-order valence-corrected chi connectivity index (χ0v) is 16.4. The van der Waals surface area contributed by atoms with Crippen molar-refractivity contribution in [3.05, 3.63) is 63.6 Å². The van der Waals surface area contributed by atoms with Gasteiger partial charge in [0.05, 0.1) is 18.2 Å². The lowest BCUT2D eigenvalue weighted by molar-refractivity contribution is -0.119. The molecule has 0 radical (unpaired) electrons. The predicted octanol–water partition coefficient (Wildman–Crippen LogP) is 3.22. The van der Waals surface area contributed by atoms with Crippen molar-refractivity contribution >= 4 is 51.0 Å². The molecule has 0 atom stereocenters. The van der Waals surface area contributed by atoms with Gasteiger partial charge in [-0.25, -0.2) is 13.8 Å². The number of hydrogen-bond acceptors (Lipinski definition) is 4. The quantitative estimate of drug-likeness (QED) is 0.583. The van der Waals surface area contributed by atoms with E-state index in [0.717, 1.165) is 16.1 Å². The van der Waals surface area contributed by atoms with Crippen molar-refractivity contribution in [3.63, 3.8) is 0 Å². The number of halogens is 2. The molecule has 0 heterocycles. The number of benzene rings is 2. The molecule has 0 saturated heterocycles. The maximum absolute atomic E-state index is 12.1. The molecule has 138 valence electrons. The van der Waals surface area contributed by atoms with Crippen LogP contribution in [0.15, 0.2) is 47.6 Å². The van der Waals surface area contributed by atoms with E-state index in [2.05, 4.69) is 10.5 Å². The van der Waals surface area contributed by atoms with E-state index in [0.29, 0.717) is 21.3 Å². The van der Waals surface area contributed by atoms with Gasteiger partial charge in [-0.15, -0.1) is 0 Å². The van der Waals surface area contributed by atoms with Gasteiger partial charge >= 0.3 is 0 Å². The Morgan fingerprint density at radius 3 is 2.46 bits per heavy atom. The maximum atomic E-state index is 12.1. The lowest BCUT2D eigenvalue weighted by Crippen LogP contribution is -2.39.